The number of nitrogens with one attached hydrogen (secondary N) is 1. The average Bonchev–Trinajstić information content (AvgIpc) is 2.66. The van der Waals surface area contributed by atoms with Gasteiger partial charge in [-0.25, -0.2) is 0 Å². The van der Waals surface area contributed by atoms with E-state index in [9.17, 15) is 9.59 Å². The Hall–Kier alpha value is -2.82. The first-order chi connectivity index (χ1) is 13.0. The van der Waals surface area contributed by atoms with Crippen molar-refractivity contribution in [1.29, 1.82) is 0 Å². The Bertz CT molecular complexity index is 787. The van der Waals surface area contributed by atoms with Gasteiger partial charge in [-0.2, -0.15) is 0 Å². The van der Waals surface area contributed by atoms with E-state index >= 15 is 0 Å². The van der Waals surface area contributed by atoms with Crippen LogP contribution in [0.3, 0.4) is 0 Å². The fraction of sp³-hybridized carbons (Fsp3) is 0.364. The second-order valence-corrected chi connectivity index (χ2v) is 6.84. The lowest BCUT2D eigenvalue weighted by Gasteiger charge is -2.39. The molecule has 0 bridgehead atoms. The van der Waals surface area contributed by atoms with Crippen molar-refractivity contribution in [2.75, 3.05) is 10.2 Å². The van der Waals surface area contributed by atoms with Crippen molar-refractivity contribution in [3.63, 3.8) is 0 Å². The van der Waals surface area contributed by atoms with Crippen molar-refractivity contribution >= 4 is 23.2 Å². The van der Waals surface area contributed by atoms with Gasteiger partial charge in [0, 0.05) is 12.1 Å². The van der Waals surface area contributed by atoms with Crippen LogP contribution < -0.4 is 16.0 Å². The molecule has 2 amide bonds. The summed E-state index contributed by atoms with van der Waals surface area (Å²) in [6.45, 7) is 8.86. The number of anilines is 2. The minimum Gasteiger partial charge on any atom is -0.366 e. The number of hydrogen-bond acceptors (Lipinski definition) is 3. The molecule has 0 radical (unpaired) electrons. The number of carbonyl (C=O) groups excluding carboxylic acids is 2. The number of nitrogens with zero attached hydrogens (tertiary/aromatic N) is 1. The minimum atomic E-state index is -0.504. The summed E-state index contributed by atoms with van der Waals surface area (Å²) in [6.07, 6.45) is 0.760. The van der Waals surface area contributed by atoms with Crippen LogP contribution in [-0.2, 0) is 11.3 Å². The molecule has 1 aliphatic rings. The quantitative estimate of drug-likeness (QED) is 0.832. The molecule has 0 spiro atoms. The molecule has 2 aromatic rings. The number of carbonyl (C=O) groups is 2. The van der Waals surface area contributed by atoms with Gasteiger partial charge >= 0.3 is 0 Å². The summed E-state index contributed by atoms with van der Waals surface area (Å²) in [6, 6.07) is 15.1. The van der Waals surface area contributed by atoms with Crippen molar-refractivity contribution in [3.8, 4) is 0 Å². The van der Waals surface area contributed by atoms with E-state index in [1.165, 1.54) is 0 Å². The van der Waals surface area contributed by atoms with Crippen molar-refractivity contribution < 1.29 is 9.59 Å². The molecule has 144 valence electrons. The van der Waals surface area contributed by atoms with E-state index in [1.54, 1.807) is 12.1 Å². The lowest BCUT2D eigenvalue weighted by atomic mass is 9.97. The SMILES string of the molecule is CC.CC(C)CC1C(=O)Nc2cc(C(N)=O)ccc2N1Cc1ccccc1. The van der Waals surface area contributed by atoms with Crippen LogP contribution in [0.4, 0.5) is 11.4 Å². The van der Waals surface area contributed by atoms with Gasteiger partial charge in [0.05, 0.1) is 11.4 Å². The molecule has 0 aliphatic carbocycles. The maximum Gasteiger partial charge on any atom is 0.248 e. The Morgan fingerprint density at radius 3 is 2.41 bits per heavy atom. The number of fused-ring (bicyclic) bond motifs is 1. The highest BCUT2D eigenvalue weighted by molar-refractivity contribution is 6.05. The molecule has 0 aromatic heterocycles. The molecule has 2 aromatic carbocycles. The van der Waals surface area contributed by atoms with Crippen molar-refractivity contribution in [2.24, 2.45) is 11.7 Å². The van der Waals surface area contributed by atoms with E-state index in [-0.39, 0.29) is 11.9 Å². The normalized spacial score (nSPS) is 15.5. The molecule has 0 saturated carbocycles. The molecule has 3 N–H and O–H groups in total. The van der Waals surface area contributed by atoms with Gasteiger partial charge in [0.2, 0.25) is 11.8 Å². The molecule has 1 heterocycles. The zero-order valence-corrected chi connectivity index (χ0v) is 16.5. The summed E-state index contributed by atoms with van der Waals surface area (Å²) in [5.74, 6) is -0.157. The largest absolute Gasteiger partial charge is 0.366 e. The monoisotopic (exact) mass is 367 g/mol. The highest BCUT2D eigenvalue weighted by Gasteiger charge is 2.33. The van der Waals surface area contributed by atoms with Gasteiger partial charge in [-0.3, -0.25) is 9.59 Å². The summed E-state index contributed by atoms with van der Waals surface area (Å²) in [5, 5.41) is 2.94. The highest BCUT2D eigenvalue weighted by Crippen LogP contribution is 2.35. The van der Waals surface area contributed by atoms with Crippen LogP contribution in [0.2, 0.25) is 0 Å². The van der Waals surface area contributed by atoms with Gasteiger partial charge in [-0.15, -0.1) is 0 Å². The zero-order valence-electron chi connectivity index (χ0n) is 16.5. The van der Waals surface area contributed by atoms with Gasteiger partial charge in [0.25, 0.3) is 0 Å². The van der Waals surface area contributed by atoms with Crippen LogP contribution in [0.15, 0.2) is 48.5 Å². The second-order valence-electron chi connectivity index (χ2n) is 6.84. The predicted octanol–water partition coefficient (Wildman–Crippen LogP) is 4.19. The first kappa shape index (κ1) is 20.5. The number of rotatable bonds is 5. The molecule has 0 saturated heterocycles. The van der Waals surface area contributed by atoms with E-state index in [0.29, 0.717) is 23.7 Å². The molecule has 5 heteroatoms. The van der Waals surface area contributed by atoms with Crippen LogP contribution in [0, 0.1) is 5.92 Å². The van der Waals surface area contributed by atoms with Gasteiger partial charge < -0.3 is 16.0 Å². The Labute approximate surface area is 161 Å². The Kier molecular flexibility index (Phi) is 6.99. The third-order valence-electron chi connectivity index (χ3n) is 4.42. The van der Waals surface area contributed by atoms with Gasteiger partial charge in [-0.1, -0.05) is 58.0 Å². The highest BCUT2D eigenvalue weighted by atomic mass is 16.2. The molecule has 5 nitrogen and oxygen atoms in total. The van der Waals surface area contributed by atoms with Gasteiger partial charge in [-0.05, 0) is 36.1 Å². The molecule has 1 unspecified atom stereocenters. The molecule has 1 aliphatic heterocycles. The second kappa shape index (κ2) is 9.21. The van der Waals surface area contributed by atoms with E-state index in [0.717, 1.165) is 17.7 Å². The first-order valence-electron chi connectivity index (χ1n) is 9.51. The molecule has 27 heavy (non-hydrogen) atoms. The lowest BCUT2D eigenvalue weighted by Crippen LogP contribution is -2.48. The Balaban J connectivity index is 0.00000126. The predicted molar refractivity (Wildman–Crippen MR) is 111 cm³/mol. The third kappa shape index (κ3) is 4.88. The Morgan fingerprint density at radius 2 is 1.81 bits per heavy atom. The molecule has 3 rings (SSSR count). The summed E-state index contributed by atoms with van der Waals surface area (Å²) < 4.78 is 0. The van der Waals surface area contributed by atoms with E-state index in [4.69, 9.17) is 5.73 Å². The van der Waals surface area contributed by atoms with Crippen LogP contribution in [-0.4, -0.2) is 17.9 Å². The van der Waals surface area contributed by atoms with Crippen LogP contribution in [0.1, 0.15) is 50.0 Å². The maximum atomic E-state index is 12.7. The number of nitrogens with two attached hydrogens (primary N) is 1. The van der Waals surface area contributed by atoms with Gasteiger partial charge in [0.1, 0.15) is 6.04 Å². The Morgan fingerprint density at radius 1 is 1.15 bits per heavy atom. The van der Waals surface area contributed by atoms with E-state index in [1.807, 2.05) is 38.1 Å². The summed E-state index contributed by atoms with van der Waals surface area (Å²) in [4.78, 5) is 26.3. The van der Waals surface area contributed by atoms with Gasteiger partial charge in [0.15, 0.2) is 0 Å². The van der Waals surface area contributed by atoms with Crippen LogP contribution >= 0.6 is 0 Å². The smallest absolute Gasteiger partial charge is 0.248 e. The number of benzene rings is 2. The summed E-state index contributed by atoms with van der Waals surface area (Å²) in [5.41, 5.74) is 8.44. The fourth-order valence-electron chi connectivity index (χ4n) is 3.22. The minimum absolute atomic E-state index is 0.0428. The maximum absolute atomic E-state index is 12.7. The number of amides is 2. The van der Waals surface area contributed by atoms with Crippen molar-refractivity contribution in [3.05, 3.63) is 59.7 Å². The summed E-state index contributed by atoms with van der Waals surface area (Å²) in [7, 11) is 0. The van der Waals surface area contributed by atoms with Crippen molar-refractivity contribution in [2.45, 2.75) is 46.7 Å². The lowest BCUT2D eigenvalue weighted by molar-refractivity contribution is -0.118. The first-order valence-corrected chi connectivity index (χ1v) is 9.51. The molecule has 1 atom stereocenters. The molecular weight excluding hydrogens is 338 g/mol. The third-order valence-corrected chi connectivity index (χ3v) is 4.42. The number of primary amides is 1. The fourth-order valence-corrected chi connectivity index (χ4v) is 3.22. The van der Waals surface area contributed by atoms with E-state index < -0.39 is 5.91 Å². The van der Waals surface area contributed by atoms with E-state index in [2.05, 4.69) is 36.2 Å². The van der Waals surface area contributed by atoms with Crippen molar-refractivity contribution in [1.82, 2.24) is 0 Å². The zero-order chi connectivity index (χ0) is 20.0. The number of hydrogen-bond donors (Lipinski definition) is 2. The molecule has 0 fully saturated rings. The van der Waals surface area contributed by atoms with Crippen LogP contribution in [0.25, 0.3) is 0 Å². The topological polar surface area (TPSA) is 75.4 Å². The molecular formula is C22H29N3O2. The average molecular weight is 367 g/mol. The summed E-state index contributed by atoms with van der Waals surface area (Å²) >= 11 is 0. The standard InChI is InChI=1S/C20H23N3O2.C2H6/c1-13(2)10-18-20(25)22-16-11-15(19(21)24)8-9-17(16)23(18)12-14-6-4-3-5-7-14;1-2/h3-9,11,13,18H,10,12H2,1-2H3,(H2,21,24)(H,22,25);1-2H3. The van der Waals surface area contributed by atoms with Crippen LogP contribution in [0.5, 0.6) is 0 Å².